The Morgan fingerprint density at radius 2 is 1.94 bits per heavy atom. The number of benzene rings is 2. The molecule has 3 aromatic rings. The molecule has 178 valence electrons. The zero-order valence-electron chi connectivity index (χ0n) is 19.4. The Hall–Kier alpha value is -3.20. The molecule has 0 spiro atoms. The SMILES string of the molecule is Cc1cc(F)cc(S(=O)(=O)C2CCCN3C(c4ccc(-n5cnc(C)c5)c(C)c4)=NOCC23)c1. The highest BCUT2D eigenvalue weighted by atomic mass is 32.2. The van der Waals surface area contributed by atoms with Crippen molar-refractivity contribution in [2.45, 2.75) is 49.8 Å². The van der Waals surface area contributed by atoms with Crippen LogP contribution in [-0.4, -0.2) is 53.1 Å². The van der Waals surface area contributed by atoms with Crippen molar-refractivity contribution in [2.24, 2.45) is 5.16 Å². The van der Waals surface area contributed by atoms with Crippen molar-refractivity contribution in [2.75, 3.05) is 13.2 Å². The van der Waals surface area contributed by atoms with E-state index in [0.717, 1.165) is 28.6 Å². The first-order chi connectivity index (χ1) is 16.2. The smallest absolute Gasteiger partial charge is 0.183 e. The number of fused-ring (bicyclic) bond motifs is 1. The third-order valence-electron chi connectivity index (χ3n) is 6.57. The number of aromatic nitrogens is 2. The molecule has 0 radical (unpaired) electrons. The summed E-state index contributed by atoms with van der Waals surface area (Å²) in [6.07, 6.45) is 4.93. The fourth-order valence-electron chi connectivity index (χ4n) is 4.97. The Labute approximate surface area is 198 Å². The van der Waals surface area contributed by atoms with Gasteiger partial charge < -0.3 is 14.3 Å². The number of amidine groups is 1. The number of halogens is 1. The largest absolute Gasteiger partial charge is 0.392 e. The zero-order valence-corrected chi connectivity index (χ0v) is 20.2. The van der Waals surface area contributed by atoms with Gasteiger partial charge in [0, 0.05) is 24.0 Å². The van der Waals surface area contributed by atoms with Crippen LogP contribution in [-0.2, 0) is 14.7 Å². The molecule has 1 aromatic heterocycles. The number of imidazole rings is 1. The van der Waals surface area contributed by atoms with Gasteiger partial charge in [-0.2, -0.15) is 0 Å². The number of hydrogen-bond donors (Lipinski definition) is 0. The van der Waals surface area contributed by atoms with Crippen LogP contribution in [0.2, 0.25) is 0 Å². The fraction of sp³-hybridized carbons (Fsp3) is 0.360. The van der Waals surface area contributed by atoms with E-state index in [0.29, 0.717) is 30.8 Å². The molecule has 9 heteroatoms. The van der Waals surface area contributed by atoms with E-state index in [9.17, 15) is 12.8 Å². The number of sulfone groups is 1. The van der Waals surface area contributed by atoms with Gasteiger partial charge in [-0.1, -0.05) is 5.16 Å². The number of rotatable bonds is 4. The van der Waals surface area contributed by atoms with E-state index >= 15 is 0 Å². The summed E-state index contributed by atoms with van der Waals surface area (Å²) in [5.41, 5.74) is 4.43. The van der Waals surface area contributed by atoms with E-state index in [2.05, 4.69) is 10.1 Å². The van der Waals surface area contributed by atoms with E-state index in [4.69, 9.17) is 4.84 Å². The molecule has 7 nitrogen and oxygen atoms in total. The first-order valence-electron chi connectivity index (χ1n) is 11.3. The molecule has 0 bridgehead atoms. The highest BCUT2D eigenvalue weighted by molar-refractivity contribution is 7.92. The number of aryl methyl sites for hydroxylation is 3. The van der Waals surface area contributed by atoms with Gasteiger partial charge >= 0.3 is 0 Å². The number of hydrogen-bond acceptors (Lipinski definition) is 6. The van der Waals surface area contributed by atoms with Crippen molar-refractivity contribution in [3.8, 4) is 5.69 Å². The third-order valence-corrected chi connectivity index (χ3v) is 8.81. The van der Waals surface area contributed by atoms with Crippen molar-refractivity contribution in [1.29, 1.82) is 0 Å². The molecule has 1 saturated heterocycles. The third kappa shape index (κ3) is 3.98. The summed E-state index contributed by atoms with van der Waals surface area (Å²) in [5, 5.41) is 3.61. The van der Waals surface area contributed by atoms with Crippen LogP contribution in [0.15, 0.2) is 59.0 Å². The van der Waals surface area contributed by atoms with Crippen LogP contribution in [0.4, 0.5) is 4.39 Å². The minimum Gasteiger partial charge on any atom is -0.392 e. The molecule has 0 N–H and O–H groups in total. The normalized spacial score (nSPS) is 20.5. The number of nitrogens with zero attached hydrogens (tertiary/aromatic N) is 4. The molecule has 2 aliphatic heterocycles. The van der Waals surface area contributed by atoms with Gasteiger partial charge in [0.1, 0.15) is 12.4 Å². The maximum absolute atomic E-state index is 14.0. The molecule has 1 fully saturated rings. The Morgan fingerprint density at radius 1 is 1.12 bits per heavy atom. The number of piperidine rings is 1. The average Bonchev–Trinajstić information content (AvgIpc) is 3.23. The van der Waals surface area contributed by atoms with Gasteiger partial charge in [-0.05, 0) is 81.1 Å². The first kappa shape index (κ1) is 22.6. The molecule has 34 heavy (non-hydrogen) atoms. The van der Waals surface area contributed by atoms with Gasteiger partial charge in [0.2, 0.25) is 0 Å². The molecule has 2 aliphatic rings. The van der Waals surface area contributed by atoms with Gasteiger partial charge in [-0.15, -0.1) is 0 Å². The molecule has 3 heterocycles. The van der Waals surface area contributed by atoms with Crippen molar-refractivity contribution in [3.63, 3.8) is 0 Å². The van der Waals surface area contributed by atoms with E-state index in [1.165, 1.54) is 12.1 Å². The van der Waals surface area contributed by atoms with Crippen LogP contribution in [0.3, 0.4) is 0 Å². The first-order valence-corrected chi connectivity index (χ1v) is 12.9. The van der Waals surface area contributed by atoms with Gasteiger partial charge in [-0.3, -0.25) is 0 Å². The molecule has 2 unspecified atom stereocenters. The summed E-state index contributed by atoms with van der Waals surface area (Å²) in [7, 11) is -3.76. The van der Waals surface area contributed by atoms with Crippen molar-refractivity contribution < 1.29 is 17.6 Å². The number of oxime groups is 1. The monoisotopic (exact) mass is 482 g/mol. The van der Waals surface area contributed by atoms with E-state index < -0.39 is 26.9 Å². The minimum atomic E-state index is -3.76. The van der Waals surface area contributed by atoms with E-state index in [1.54, 1.807) is 13.3 Å². The van der Waals surface area contributed by atoms with Crippen LogP contribution in [0.5, 0.6) is 0 Å². The van der Waals surface area contributed by atoms with Crippen molar-refractivity contribution in [1.82, 2.24) is 14.5 Å². The maximum atomic E-state index is 14.0. The van der Waals surface area contributed by atoms with E-state index in [1.807, 2.05) is 47.7 Å². The Kier molecular flexibility index (Phi) is 5.67. The molecule has 0 aliphatic carbocycles. The van der Waals surface area contributed by atoms with Gasteiger partial charge in [0.15, 0.2) is 15.7 Å². The summed E-state index contributed by atoms with van der Waals surface area (Å²) < 4.78 is 43.1. The second-order valence-electron chi connectivity index (χ2n) is 9.08. The van der Waals surface area contributed by atoms with Gasteiger partial charge in [0.05, 0.1) is 28.2 Å². The van der Waals surface area contributed by atoms with Gasteiger partial charge in [-0.25, -0.2) is 17.8 Å². The lowest BCUT2D eigenvalue weighted by molar-refractivity contribution is 0.0475. The molecule has 5 rings (SSSR count). The van der Waals surface area contributed by atoms with Crippen LogP contribution >= 0.6 is 0 Å². The Bertz CT molecular complexity index is 1360. The maximum Gasteiger partial charge on any atom is 0.183 e. The van der Waals surface area contributed by atoms with Crippen molar-refractivity contribution in [3.05, 3.63) is 77.1 Å². The van der Waals surface area contributed by atoms with Crippen LogP contribution in [0.1, 0.15) is 35.2 Å². The molecule has 0 saturated carbocycles. The predicted molar refractivity (Wildman–Crippen MR) is 127 cm³/mol. The van der Waals surface area contributed by atoms with Gasteiger partial charge in [0.25, 0.3) is 0 Å². The average molecular weight is 483 g/mol. The summed E-state index contributed by atoms with van der Waals surface area (Å²) in [6.45, 7) is 6.52. The van der Waals surface area contributed by atoms with Crippen LogP contribution in [0, 0.1) is 26.6 Å². The second kappa shape index (κ2) is 8.54. The highest BCUT2D eigenvalue weighted by Crippen LogP contribution is 2.33. The van der Waals surface area contributed by atoms with Crippen LogP contribution in [0.25, 0.3) is 5.69 Å². The summed E-state index contributed by atoms with van der Waals surface area (Å²) in [4.78, 5) is 11.9. The Balaban J connectivity index is 1.47. The second-order valence-corrected chi connectivity index (χ2v) is 11.3. The summed E-state index contributed by atoms with van der Waals surface area (Å²) in [6, 6.07) is 9.59. The van der Waals surface area contributed by atoms with Crippen molar-refractivity contribution >= 4 is 15.7 Å². The molecule has 0 amide bonds. The quantitative estimate of drug-likeness (QED) is 0.563. The lowest BCUT2D eigenvalue weighted by atomic mass is 9.99. The zero-order chi connectivity index (χ0) is 24.0. The van der Waals surface area contributed by atoms with E-state index in [-0.39, 0.29) is 11.5 Å². The minimum absolute atomic E-state index is 0.0248. The predicted octanol–water partition coefficient (Wildman–Crippen LogP) is 3.94. The molecular formula is C25H27FN4O3S. The standard InChI is InChI=1S/C25H27FN4O3S/c1-16-9-20(26)12-21(10-16)34(31,32)24-5-4-8-30-23(24)14-33-28-25(30)19-6-7-22(17(2)11-19)29-13-18(3)27-15-29/h6-7,9-13,15,23-24H,4-5,8,14H2,1-3H3. The topological polar surface area (TPSA) is 76.8 Å². The fourth-order valence-corrected chi connectivity index (χ4v) is 7.06. The lowest BCUT2D eigenvalue weighted by Crippen LogP contribution is -2.57. The Morgan fingerprint density at radius 3 is 2.65 bits per heavy atom. The molecular weight excluding hydrogens is 455 g/mol. The van der Waals surface area contributed by atoms with Crippen LogP contribution < -0.4 is 0 Å². The molecule has 2 aromatic carbocycles. The summed E-state index contributed by atoms with van der Waals surface area (Å²) in [5.74, 6) is 0.0834. The highest BCUT2D eigenvalue weighted by Gasteiger charge is 2.44. The molecule has 2 atom stereocenters. The summed E-state index contributed by atoms with van der Waals surface area (Å²) >= 11 is 0. The lowest BCUT2D eigenvalue weighted by Gasteiger charge is -2.43.